The van der Waals surface area contributed by atoms with Crippen LogP contribution in [0.25, 0.3) is 5.69 Å². The maximum Gasteiger partial charge on any atom is 0.258 e. The van der Waals surface area contributed by atoms with E-state index in [2.05, 4.69) is 15.5 Å². The lowest BCUT2D eigenvalue weighted by atomic mass is 10.00. The number of hydrogen-bond acceptors (Lipinski definition) is 6. The number of benzene rings is 2. The molecule has 0 atom stereocenters. The third-order valence-corrected chi connectivity index (χ3v) is 8.05. The fourth-order valence-corrected chi connectivity index (χ4v) is 6.06. The van der Waals surface area contributed by atoms with Crippen LogP contribution in [-0.4, -0.2) is 58.5 Å². The minimum atomic E-state index is -3.48. The number of anilines is 1. The van der Waals surface area contributed by atoms with Crippen molar-refractivity contribution in [2.24, 2.45) is 0 Å². The lowest BCUT2D eigenvalue weighted by Crippen LogP contribution is -2.36. The first kappa shape index (κ1) is 20.8. The van der Waals surface area contributed by atoms with Gasteiger partial charge in [0, 0.05) is 30.9 Å². The number of amides is 1. The van der Waals surface area contributed by atoms with Crippen LogP contribution in [0.2, 0.25) is 0 Å². The molecule has 0 spiro atoms. The van der Waals surface area contributed by atoms with Crippen molar-refractivity contribution < 1.29 is 13.2 Å². The van der Waals surface area contributed by atoms with Crippen molar-refractivity contribution in [3.05, 3.63) is 59.4 Å². The number of nitrogens with zero attached hydrogens (tertiary/aromatic N) is 6. The lowest BCUT2D eigenvalue weighted by Gasteiger charge is -2.30. The Labute approximate surface area is 186 Å². The van der Waals surface area contributed by atoms with E-state index in [4.69, 9.17) is 0 Å². The summed E-state index contributed by atoms with van der Waals surface area (Å²) < 4.78 is 29.0. The van der Waals surface area contributed by atoms with Gasteiger partial charge in [0.05, 0.1) is 10.6 Å². The highest BCUT2D eigenvalue weighted by Crippen LogP contribution is 2.32. The quantitative estimate of drug-likeness (QED) is 0.602. The number of tetrazole rings is 1. The molecule has 166 valence electrons. The van der Waals surface area contributed by atoms with Gasteiger partial charge in [-0.2, -0.15) is 4.31 Å². The molecule has 0 N–H and O–H groups in total. The van der Waals surface area contributed by atoms with Crippen LogP contribution in [0.15, 0.2) is 47.6 Å². The van der Waals surface area contributed by atoms with Gasteiger partial charge < -0.3 is 4.90 Å². The highest BCUT2D eigenvalue weighted by atomic mass is 32.2. The molecule has 3 aromatic rings. The Morgan fingerprint density at radius 1 is 0.969 bits per heavy atom. The van der Waals surface area contributed by atoms with E-state index < -0.39 is 10.0 Å². The van der Waals surface area contributed by atoms with Gasteiger partial charge >= 0.3 is 0 Å². The average molecular weight is 453 g/mol. The second-order valence-corrected chi connectivity index (χ2v) is 10.2. The number of sulfonamides is 1. The Balaban J connectivity index is 1.44. The van der Waals surface area contributed by atoms with Crippen molar-refractivity contribution in [1.29, 1.82) is 0 Å². The van der Waals surface area contributed by atoms with E-state index in [0.717, 1.165) is 48.2 Å². The zero-order valence-corrected chi connectivity index (χ0v) is 18.6. The summed E-state index contributed by atoms with van der Waals surface area (Å²) in [4.78, 5) is 15.4. The number of aryl methyl sites for hydroxylation is 2. The Morgan fingerprint density at radius 3 is 2.47 bits per heavy atom. The molecule has 1 saturated heterocycles. The Bertz CT molecular complexity index is 1270. The van der Waals surface area contributed by atoms with Crippen molar-refractivity contribution in [3.63, 3.8) is 0 Å². The van der Waals surface area contributed by atoms with E-state index in [1.807, 2.05) is 19.1 Å². The Kier molecular flexibility index (Phi) is 5.26. The molecule has 32 heavy (non-hydrogen) atoms. The molecule has 0 radical (unpaired) electrons. The smallest absolute Gasteiger partial charge is 0.258 e. The predicted octanol–water partition coefficient (Wildman–Crippen LogP) is 2.35. The molecule has 3 heterocycles. The molecule has 2 aliphatic heterocycles. The standard InChI is InChI=1S/C22H24N6O3S/c1-16-13-18(6-8-20(16)28-15-23-24-25-28)22(29)27-12-4-5-17-14-19(7-9-21(17)27)32(30,31)26-10-2-3-11-26/h6-9,13-15H,2-5,10-12H2,1H3. The van der Waals surface area contributed by atoms with Crippen molar-refractivity contribution in [2.75, 3.05) is 24.5 Å². The van der Waals surface area contributed by atoms with Gasteiger partial charge in [-0.15, -0.1) is 5.10 Å². The third kappa shape index (κ3) is 3.59. The first-order valence-corrected chi connectivity index (χ1v) is 12.2. The molecule has 0 aliphatic carbocycles. The largest absolute Gasteiger partial charge is 0.308 e. The zero-order valence-electron chi connectivity index (χ0n) is 17.8. The Morgan fingerprint density at radius 2 is 1.75 bits per heavy atom. The SMILES string of the molecule is Cc1cc(C(=O)N2CCCc3cc(S(=O)(=O)N4CCCC4)ccc32)ccc1-n1cnnn1. The van der Waals surface area contributed by atoms with E-state index in [1.165, 1.54) is 6.33 Å². The molecular weight excluding hydrogens is 428 g/mol. The van der Waals surface area contributed by atoms with Crippen molar-refractivity contribution in [1.82, 2.24) is 24.5 Å². The molecule has 2 aromatic carbocycles. The maximum atomic E-state index is 13.4. The van der Waals surface area contributed by atoms with Crippen LogP contribution in [0.1, 0.15) is 40.7 Å². The second-order valence-electron chi connectivity index (χ2n) is 8.22. The van der Waals surface area contributed by atoms with Gasteiger partial charge in [0.2, 0.25) is 10.0 Å². The number of fused-ring (bicyclic) bond motifs is 1. The summed E-state index contributed by atoms with van der Waals surface area (Å²) in [5.41, 5.74) is 3.94. The van der Waals surface area contributed by atoms with Crippen LogP contribution >= 0.6 is 0 Å². The molecule has 9 nitrogen and oxygen atoms in total. The van der Waals surface area contributed by atoms with E-state index >= 15 is 0 Å². The highest BCUT2D eigenvalue weighted by molar-refractivity contribution is 7.89. The predicted molar refractivity (Wildman–Crippen MR) is 118 cm³/mol. The molecule has 0 saturated carbocycles. The molecule has 2 aliphatic rings. The van der Waals surface area contributed by atoms with Gasteiger partial charge in [-0.25, -0.2) is 13.1 Å². The van der Waals surface area contributed by atoms with Crippen molar-refractivity contribution in [3.8, 4) is 5.69 Å². The molecule has 0 bridgehead atoms. The summed E-state index contributed by atoms with van der Waals surface area (Å²) >= 11 is 0. The van der Waals surface area contributed by atoms with Gasteiger partial charge in [0.25, 0.3) is 5.91 Å². The van der Waals surface area contributed by atoms with Gasteiger partial charge in [-0.1, -0.05) is 0 Å². The summed E-state index contributed by atoms with van der Waals surface area (Å²) in [6, 6.07) is 10.6. The molecular formula is C22H24N6O3S. The first-order chi connectivity index (χ1) is 15.4. The van der Waals surface area contributed by atoms with Gasteiger partial charge in [0.1, 0.15) is 6.33 Å². The minimum absolute atomic E-state index is 0.104. The number of hydrogen-bond donors (Lipinski definition) is 0. The van der Waals surface area contributed by atoms with Gasteiger partial charge in [-0.05, 0) is 90.6 Å². The molecule has 10 heteroatoms. The van der Waals surface area contributed by atoms with E-state index in [-0.39, 0.29) is 5.91 Å². The first-order valence-electron chi connectivity index (χ1n) is 10.7. The van der Waals surface area contributed by atoms with Crippen LogP contribution in [0.3, 0.4) is 0 Å². The summed E-state index contributed by atoms with van der Waals surface area (Å²) in [7, 11) is -3.48. The molecule has 1 aromatic heterocycles. The molecule has 1 amide bonds. The third-order valence-electron chi connectivity index (χ3n) is 6.16. The number of rotatable bonds is 4. The monoisotopic (exact) mass is 452 g/mol. The summed E-state index contributed by atoms with van der Waals surface area (Å²) in [6.07, 6.45) is 4.85. The molecule has 5 rings (SSSR count). The Hall–Kier alpha value is -3.11. The normalized spacial score (nSPS) is 16.8. The average Bonchev–Trinajstić information content (AvgIpc) is 3.52. The summed E-state index contributed by atoms with van der Waals surface area (Å²) in [6.45, 7) is 3.65. The number of aromatic nitrogens is 4. The minimum Gasteiger partial charge on any atom is -0.308 e. The maximum absolute atomic E-state index is 13.4. The zero-order chi connectivity index (χ0) is 22.3. The fraction of sp³-hybridized carbons (Fsp3) is 0.364. The molecule has 0 unspecified atom stereocenters. The summed E-state index contributed by atoms with van der Waals surface area (Å²) in [5, 5.41) is 11.2. The van der Waals surface area contributed by atoms with Crippen LogP contribution in [0, 0.1) is 6.92 Å². The topological polar surface area (TPSA) is 101 Å². The fourth-order valence-electron chi connectivity index (χ4n) is 4.50. The van der Waals surface area contributed by atoms with Crippen LogP contribution < -0.4 is 4.90 Å². The second kappa shape index (κ2) is 8.10. The van der Waals surface area contributed by atoms with Gasteiger partial charge in [0.15, 0.2) is 0 Å². The van der Waals surface area contributed by atoms with Gasteiger partial charge in [-0.3, -0.25) is 4.79 Å². The number of carbonyl (C=O) groups excluding carboxylic acids is 1. The van der Waals surface area contributed by atoms with E-state index in [1.54, 1.807) is 38.2 Å². The van der Waals surface area contributed by atoms with E-state index in [0.29, 0.717) is 30.1 Å². The van der Waals surface area contributed by atoms with Crippen LogP contribution in [0.4, 0.5) is 5.69 Å². The number of carbonyl (C=O) groups is 1. The molecule has 1 fully saturated rings. The summed E-state index contributed by atoms with van der Waals surface area (Å²) in [5.74, 6) is -0.104. The van der Waals surface area contributed by atoms with Crippen molar-refractivity contribution >= 4 is 21.6 Å². The van der Waals surface area contributed by atoms with Crippen molar-refractivity contribution in [2.45, 2.75) is 37.5 Å². The van der Waals surface area contributed by atoms with Crippen LogP contribution in [0.5, 0.6) is 0 Å². The lowest BCUT2D eigenvalue weighted by molar-refractivity contribution is 0.0985. The van der Waals surface area contributed by atoms with Crippen LogP contribution in [-0.2, 0) is 16.4 Å². The van der Waals surface area contributed by atoms with E-state index in [9.17, 15) is 13.2 Å². The highest BCUT2D eigenvalue weighted by Gasteiger charge is 2.30.